The molecule has 0 bridgehead atoms. The van der Waals surface area contributed by atoms with Crippen LogP contribution in [0.25, 0.3) is 0 Å². The lowest BCUT2D eigenvalue weighted by atomic mass is 9.89. The van der Waals surface area contributed by atoms with Crippen molar-refractivity contribution in [1.29, 1.82) is 0 Å². The van der Waals surface area contributed by atoms with Gasteiger partial charge in [0.1, 0.15) is 11.8 Å². The van der Waals surface area contributed by atoms with Crippen LogP contribution in [-0.2, 0) is 9.53 Å². The Morgan fingerprint density at radius 3 is 2.46 bits per heavy atom. The zero-order chi connectivity index (χ0) is 19.7. The average Bonchev–Trinajstić information content (AvgIpc) is 3.06. The maximum Gasteiger partial charge on any atom is 0.256 e. The number of aryl methyl sites for hydroxylation is 1. The molecule has 2 saturated heterocycles. The molecule has 1 aromatic carbocycles. The number of piperazine rings is 1. The highest BCUT2D eigenvalue weighted by atomic mass is 16.5. The molecule has 1 aromatic rings. The molecule has 2 heterocycles. The maximum atomic E-state index is 13.6. The zero-order valence-corrected chi connectivity index (χ0v) is 17.0. The van der Waals surface area contributed by atoms with Crippen molar-refractivity contribution in [3.8, 4) is 0 Å². The van der Waals surface area contributed by atoms with Gasteiger partial charge in [0.05, 0.1) is 6.61 Å². The fourth-order valence-corrected chi connectivity index (χ4v) is 4.81. The molecule has 28 heavy (non-hydrogen) atoms. The van der Waals surface area contributed by atoms with Crippen molar-refractivity contribution < 1.29 is 14.3 Å². The van der Waals surface area contributed by atoms with Gasteiger partial charge in [0.2, 0.25) is 5.91 Å². The molecule has 0 aromatic heterocycles. The SMILES string of the molecule is Cc1cccc(C(=O)N2C(C(=O)N3CCN(C)CC3)COC23CCCCC3)c1. The van der Waals surface area contributed by atoms with Crippen LogP contribution in [0.15, 0.2) is 24.3 Å². The Hall–Kier alpha value is -1.92. The van der Waals surface area contributed by atoms with E-state index in [9.17, 15) is 9.59 Å². The van der Waals surface area contributed by atoms with Crippen LogP contribution in [0.3, 0.4) is 0 Å². The van der Waals surface area contributed by atoms with Gasteiger partial charge in [0.15, 0.2) is 0 Å². The standard InChI is InChI=1S/C22H31N3O3/c1-17-7-6-8-18(15-17)20(26)25-19(16-28-22(25)9-4-3-5-10-22)21(27)24-13-11-23(2)12-14-24/h6-8,15,19H,3-5,9-14,16H2,1-2H3. The molecule has 2 amide bonds. The molecule has 1 spiro atoms. The van der Waals surface area contributed by atoms with E-state index in [0.29, 0.717) is 25.3 Å². The number of rotatable bonds is 2. The molecule has 0 radical (unpaired) electrons. The number of hydrogen-bond acceptors (Lipinski definition) is 4. The molecule has 3 fully saturated rings. The summed E-state index contributed by atoms with van der Waals surface area (Å²) in [4.78, 5) is 32.9. The van der Waals surface area contributed by atoms with Crippen molar-refractivity contribution in [2.45, 2.75) is 50.8 Å². The summed E-state index contributed by atoms with van der Waals surface area (Å²) in [6, 6.07) is 7.13. The van der Waals surface area contributed by atoms with Crippen LogP contribution in [0.1, 0.15) is 48.0 Å². The summed E-state index contributed by atoms with van der Waals surface area (Å²) >= 11 is 0. The summed E-state index contributed by atoms with van der Waals surface area (Å²) in [6.45, 7) is 5.46. The summed E-state index contributed by atoms with van der Waals surface area (Å²) in [6.07, 6.45) is 4.86. The van der Waals surface area contributed by atoms with Gasteiger partial charge in [-0.15, -0.1) is 0 Å². The number of carbonyl (C=O) groups is 2. The Bertz CT molecular complexity index is 736. The van der Waals surface area contributed by atoms with Gasteiger partial charge in [-0.1, -0.05) is 24.1 Å². The molecule has 0 N–H and O–H groups in total. The van der Waals surface area contributed by atoms with E-state index in [2.05, 4.69) is 11.9 Å². The van der Waals surface area contributed by atoms with E-state index in [1.54, 1.807) is 0 Å². The number of carbonyl (C=O) groups excluding carboxylic acids is 2. The largest absolute Gasteiger partial charge is 0.353 e. The monoisotopic (exact) mass is 385 g/mol. The van der Waals surface area contributed by atoms with Crippen LogP contribution in [0, 0.1) is 6.92 Å². The second-order valence-electron chi connectivity index (χ2n) is 8.51. The normalized spacial score (nSPS) is 25.3. The fraction of sp³-hybridized carbons (Fsp3) is 0.636. The zero-order valence-electron chi connectivity index (χ0n) is 17.0. The Labute approximate surface area is 167 Å². The summed E-state index contributed by atoms with van der Waals surface area (Å²) < 4.78 is 6.26. The van der Waals surface area contributed by atoms with Crippen molar-refractivity contribution in [2.24, 2.45) is 0 Å². The molecule has 152 valence electrons. The van der Waals surface area contributed by atoms with Crippen LogP contribution >= 0.6 is 0 Å². The molecule has 2 aliphatic heterocycles. The molecule has 6 heteroatoms. The van der Waals surface area contributed by atoms with E-state index in [1.807, 2.05) is 41.0 Å². The van der Waals surface area contributed by atoms with Gasteiger partial charge in [-0.25, -0.2) is 0 Å². The van der Waals surface area contributed by atoms with E-state index < -0.39 is 11.8 Å². The molecule has 3 aliphatic rings. The Kier molecular flexibility index (Phi) is 5.43. The lowest BCUT2D eigenvalue weighted by molar-refractivity contribution is -0.138. The third-order valence-electron chi connectivity index (χ3n) is 6.48. The average molecular weight is 386 g/mol. The highest BCUT2D eigenvalue weighted by Crippen LogP contribution is 2.41. The van der Waals surface area contributed by atoms with Gasteiger partial charge in [0, 0.05) is 31.7 Å². The maximum absolute atomic E-state index is 13.6. The number of benzene rings is 1. The number of ether oxygens (including phenoxy) is 1. The molecule has 1 aliphatic carbocycles. The van der Waals surface area contributed by atoms with Gasteiger partial charge >= 0.3 is 0 Å². The summed E-state index contributed by atoms with van der Waals surface area (Å²) in [5.41, 5.74) is 1.07. The quantitative estimate of drug-likeness (QED) is 0.784. The third kappa shape index (κ3) is 3.55. The molecule has 1 atom stereocenters. The molecule has 1 saturated carbocycles. The highest BCUT2D eigenvalue weighted by molar-refractivity contribution is 5.98. The van der Waals surface area contributed by atoms with E-state index in [0.717, 1.165) is 50.8 Å². The first kappa shape index (κ1) is 19.4. The molecular weight excluding hydrogens is 354 g/mol. The first-order chi connectivity index (χ1) is 13.5. The summed E-state index contributed by atoms with van der Waals surface area (Å²) in [5, 5.41) is 0. The second-order valence-corrected chi connectivity index (χ2v) is 8.51. The van der Waals surface area contributed by atoms with E-state index in [1.165, 1.54) is 0 Å². The lowest BCUT2D eigenvalue weighted by Gasteiger charge is -2.42. The van der Waals surface area contributed by atoms with Crippen molar-refractivity contribution in [3.63, 3.8) is 0 Å². The summed E-state index contributed by atoms with van der Waals surface area (Å²) in [7, 11) is 2.07. The van der Waals surface area contributed by atoms with Gasteiger partial charge in [-0.3, -0.25) is 14.5 Å². The van der Waals surface area contributed by atoms with Crippen molar-refractivity contribution in [3.05, 3.63) is 35.4 Å². The minimum Gasteiger partial charge on any atom is -0.353 e. The highest BCUT2D eigenvalue weighted by Gasteiger charge is 2.53. The van der Waals surface area contributed by atoms with E-state index in [4.69, 9.17) is 4.74 Å². The van der Waals surface area contributed by atoms with Crippen molar-refractivity contribution in [1.82, 2.24) is 14.7 Å². The first-order valence-electron chi connectivity index (χ1n) is 10.5. The molecular formula is C22H31N3O3. The summed E-state index contributed by atoms with van der Waals surface area (Å²) in [5.74, 6) is -0.0351. The topological polar surface area (TPSA) is 53.1 Å². The fourth-order valence-electron chi connectivity index (χ4n) is 4.81. The number of hydrogen-bond donors (Lipinski definition) is 0. The van der Waals surface area contributed by atoms with Gasteiger partial charge in [-0.2, -0.15) is 0 Å². The smallest absolute Gasteiger partial charge is 0.256 e. The van der Waals surface area contributed by atoms with Gasteiger partial charge in [0.25, 0.3) is 5.91 Å². The van der Waals surface area contributed by atoms with E-state index in [-0.39, 0.29) is 11.8 Å². The lowest BCUT2D eigenvalue weighted by Crippen LogP contribution is -2.58. The first-order valence-corrected chi connectivity index (χ1v) is 10.5. The predicted molar refractivity (Wildman–Crippen MR) is 107 cm³/mol. The second kappa shape index (κ2) is 7.84. The minimum atomic E-state index is -0.619. The Balaban J connectivity index is 1.63. The Morgan fingerprint density at radius 2 is 1.79 bits per heavy atom. The van der Waals surface area contributed by atoms with E-state index >= 15 is 0 Å². The van der Waals surface area contributed by atoms with Crippen molar-refractivity contribution in [2.75, 3.05) is 39.8 Å². The van der Waals surface area contributed by atoms with Gasteiger partial charge < -0.3 is 14.5 Å². The number of nitrogens with zero attached hydrogens (tertiary/aromatic N) is 3. The number of likely N-dealkylation sites (N-methyl/N-ethyl adjacent to an activating group) is 1. The minimum absolute atomic E-state index is 0.0385. The molecule has 1 unspecified atom stereocenters. The van der Waals surface area contributed by atoms with Crippen LogP contribution in [0.4, 0.5) is 0 Å². The molecule has 4 rings (SSSR count). The van der Waals surface area contributed by atoms with Gasteiger partial charge in [-0.05, 0) is 51.8 Å². The third-order valence-corrected chi connectivity index (χ3v) is 6.48. The van der Waals surface area contributed by atoms with Crippen LogP contribution < -0.4 is 0 Å². The predicted octanol–water partition coefficient (Wildman–Crippen LogP) is 2.27. The molecule has 6 nitrogen and oxygen atoms in total. The van der Waals surface area contributed by atoms with Crippen LogP contribution in [0.2, 0.25) is 0 Å². The van der Waals surface area contributed by atoms with Crippen molar-refractivity contribution >= 4 is 11.8 Å². The van der Waals surface area contributed by atoms with Crippen LogP contribution in [0.5, 0.6) is 0 Å². The van der Waals surface area contributed by atoms with Crippen LogP contribution in [-0.4, -0.2) is 78.1 Å². The number of amides is 2. The Morgan fingerprint density at radius 1 is 1.07 bits per heavy atom.